The molecule has 5 heteroatoms. The molecular weight excluding hydrogens is 226 g/mol. The molecule has 0 fully saturated rings. The molecule has 1 aliphatic rings. The summed E-state index contributed by atoms with van der Waals surface area (Å²) in [5.74, 6) is 5.70. The molecule has 2 rings (SSSR count). The van der Waals surface area contributed by atoms with Crippen molar-refractivity contribution in [2.45, 2.75) is 58.0 Å². The quantitative estimate of drug-likeness (QED) is 0.460. The van der Waals surface area contributed by atoms with Gasteiger partial charge in [0.05, 0.1) is 17.9 Å². The van der Waals surface area contributed by atoms with Crippen LogP contribution in [0.3, 0.4) is 0 Å². The number of hydrogen-bond acceptors (Lipinski definition) is 4. The monoisotopic (exact) mass is 249 g/mol. The standard InChI is InChI=1S/C13H23N5/c1-2-8-18-13(10-15-17-18)12(16-14)9-11-6-4-3-5-7-11/h6,10,12,16H,2-5,7-9,14H2,1H3. The highest BCUT2D eigenvalue weighted by atomic mass is 15.4. The van der Waals surface area contributed by atoms with Crippen LogP contribution in [0.2, 0.25) is 0 Å². The summed E-state index contributed by atoms with van der Waals surface area (Å²) in [6.45, 7) is 3.03. The van der Waals surface area contributed by atoms with E-state index in [2.05, 4.69) is 28.7 Å². The zero-order valence-electron chi connectivity index (χ0n) is 11.1. The molecule has 1 atom stereocenters. The molecule has 0 spiro atoms. The number of nitrogens with two attached hydrogens (primary N) is 1. The summed E-state index contributed by atoms with van der Waals surface area (Å²) >= 11 is 0. The van der Waals surface area contributed by atoms with Crippen molar-refractivity contribution in [3.05, 3.63) is 23.5 Å². The summed E-state index contributed by atoms with van der Waals surface area (Å²) in [5, 5.41) is 8.12. The highest BCUT2D eigenvalue weighted by Crippen LogP contribution is 2.26. The van der Waals surface area contributed by atoms with Crippen molar-refractivity contribution in [1.29, 1.82) is 0 Å². The lowest BCUT2D eigenvalue weighted by Crippen LogP contribution is -2.30. The molecule has 0 amide bonds. The Hall–Kier alpha value is -1.20. The Balaban J connectivity index is 2.07. The van der Waals surface area contributed by atoms with E-state index < -0.39 is 0 Å². The molecule has 1 heterocycles. The van der Waals surface area contributed by atoms with E-state index in [-0.39, 0.29) is 6.04 Å². The molecular formula is C13H23N5. The minimum Gasteiger partial charge on any atom is -0.271 e. The fraction of sp³-hybridized carbons (Fsp3) is 0.692. The summed E-state index contributed by atoms with van der Waals surface area (Å²) in [7, 11) is 0. The molecule has 0 radical (unpaired) electrons. The first-order valence-electron chi connectivity index (χ1n) is 6.87. The van der Waals surface area contributed by atoms with Crippen LogP contribution < -0.4 is 11.3 Å². The molecule has 1 unspecified atom stereocenters. The van der Waals surface area contributed by atoms with Gasteiger partial charge in [-0.05, 0) is 38.5 Å². The number of nitrogens with zero attached hydrogens (tertiary/aromatic N) is 3. The molecule has 18 heavy (non-hydrogen) atoms. The number of hydrogen-bond donors (Lipinski definition) is 2. The van der Waals surface area contributed by atoms with Crippen molar-refractivity contribution in [1.82, 2.24) is 20.4 Å². The van der Waals surface area contributed by atoms with Crippen LogP contribution in [0.5, 0.6) is 0 Å². The summed E-state index contributed by atoms with van der Waals surface area (Å²) in [5.41, 5.74) is 5.51. The van der Waals surface area contributed by atoms with Gasteiger partial charge in [-0.1, -0.05) is 23.8 Å². The third kappa shape index (κ3) is 3.17. The lowest BCUT2D eigenvalue weighted by molar-refractivity contribution is 0.465. The molecule has 0 aromatic carbocycles. The van der Waals surface area contributed by atoms with E-state index in [0.717, 1.165) is 25.1 Å². The van der Waals surface area contributed by atoms with Crippen molar-refractivity contribution < 1.29 is 0 Å². The molecule has 1 aliphatic carbocycles. The Bertz CT molecular complexity index is 396. The maximum absolute atomic E-state index is 5.70. The van der Waals surface area contributed by atoms with E-state index in [1.54, 1.807) is 0 Å². The molecule has 3 N–H and O–H groups in total. The Morgan fingerprint density at radius 2 is 2.39 bits per heavy atom. The largest absolute Gasteiger partial charge is 0.271 e. The lowest BCUT2D eigenvalue weighted by Gasteiger charge is -2.20. The van der Waals surface area contributed by atoms with Gasteiger partial charge < -0.3 is 0 Å². The van der Waals surface area contributed by atoms with Crippen LogP contribution in [-0.2, 0) is 6.54 Å². The third-order valence-electron chi connectivity index (χ3n) is 3.49. The first-order chi connectivity index (χ1) is 8.85. The second-order valence-corrected chi connectivity index (χ2v) is 4.91. The first kappa shape index (κ1) is 13.2. The van der Waals surface area contributed by atoms with Gasteiger partial charge in [0.25, 0.3) is 0 Å². The zero-order valence-corrected chi connectivity index (χ0v) is 11.1. The molecule has 1 aromatic rings. The van der Waals surface area contributed by atoms with Gasteiger partial charge in [0.15, 0.2) is 0 Å². The average Bonchev–Trinajstić information content (AvgIpc) is 2.86. The number of aromatic nitrogens is 3. The van der Waals surface area contributed by atoms with Crippen molar-refractivity contribution in [3.63, 3.8) is 0 Å². The highest BCUT2D eigenvalue weighted by molar-refractivity contribution is 5.12. The van der Waals surface area contributed by atoms with E-state index in [0.29, 0.717) is 0 Å². The van der Waals surface area contributed by atoms with Gasteiger partial charge in [0.1, 0.15) is 0 Å². The summed E-state index contributed by atoms with van der Waals surface area (Å²) in [4.78, 5) is 0. The fourth-order valence-corrected chi connectivity index (χ4v) is 2.52. The number of aryl methyl sites for hydroxylation is 1. The average molecular weight is 249 g/mol. The Morgan fingerprint density at radius 3 is 3.06 bits per heavy atom. The van der Waals surface area contributed by atoms with Crippen molar-refractivity contribution in [2.75, 3.05) is 0 Å². The second-order valence-electron chi connectivity index (χ2n) is 4.91. The SMILES string of the molecule is CCCn1nncc1C(CC1=CCCCC1)NN. The normalized spacial score (nSPS) is 17.6. The Labute approximate surface area is 108 Å². The minimum absolute atomic E-state index is 0.121. The van der Waals surface area contributed by atoms with Crippen molar-refractivity contribution in [3.8, 4) is 0 Å². The third-order valence-corrected chi connectivity index (χ3v) is 3.49. The van der Waals surface area contributed by atoms with Gasteiger partial charge in [-0.15, -0.1) is 5.10 Å². The van der Waals surface area contributed by atoms with E-state index in [9.17, 15) is 0 Å². The van der Waals surface area contributed by atoms with Crippen LogP contribution in [0.1, 0.15) is 57.2 Å². The van der Waals surface area contributed by atoms with Gasteiger partial charge in [-0.25, -0.2) is 4.68 Å². The maximum atomic E-state index is 5.70. The highest BCUT2D eigenvalue weighted by Gasteiger charge is 2.18. The topological polar surface area (TPSA) is 68.8 Å². The van der Waals surface area contributed by atoms with E-state index in [4.69, 9.17) is 5.84 Å². The van der Waals surface area contributed by atoms with Crippen LogP contribution in [0.4, 0.5) is 0 Å². The van der Waals surface area contributed by atoms with Gasteiger partial charge in [-0.3, -0.25) is 11.3 Å². The Morgan fingerprint density at radius 1 is 1.50 bits per heavy atom. The molecule has 0 saturated carbocycles. The van der Waals surface area contributed by atoms with Crippen LogP contribution in [0, 0.1) is 0 Å². The number of allylic oxidation sites excluding steroid dienone is 1. The summed E-state index contributed by atoms with van der Waals surface area (Å²) < 4.78 is 1.95. The number of rotatable bonds is 6. The van der Waals surface area contributed by atoms with Crippen LogP contribution >= 0.6 is 0 Å². The summed E-state index contributed by atoms with van der Waals surface area (Å²) in [6, 6.07) is 0.121. The van der Waals surface area contributed by atoms with E-state index >= 15 is 0 Å². The molecule has 0 saturated heterocycles. The minimum atomic E-state index is 0.121. The number of nitrogens with one attached hydrogen (secondary N) is 1. The fourth-order valence-electron chi connectivity index (χ4n) is 2.52. The van der Waals surface area contributed by atoms with Gasteiger partial charge in [0.2, 0.25) is 0 Å². The lowest BCUT2D eigenvalue weighted by atomic mass is 9.93. The maximum Gasteiger partial charge on any atom is 0.0773 e. The Kier molecular flexibility index (Phi) is 4.90. The molecule has 1 aromatic heterocycles. The van der Waals surface area contributed by atoms with Crippen LogP contribution in [0.25, 0.3) is 0 Å². The molecule has 0 aliphatic heterocycles. The van der Waals surface area contributed by atoms with Gasteiger partial charge in [-0.2, -0.15) is 0 Å². The molecule has 100 valence electrons. The predicted octanol–water partition coefficient (Wildman–Crippen LogP) is 2.08. The smallest absolute Gasteiger partial charge is 0.0773 e. The number of hydrazine groups is 1. The zero-order chi connectivity index (χ0) is 12.8. The van der Waals surface area contributed by atoms with Crippen molar-refractivity contribution in [2.24, 2.45) is 5.84 Å². The van der Waals surface area contributed by atoms with Crippen LogP contribution in [0.15, 0.2) is 17.8 Å². The van der Waals surface area contributed by atoms with E-state index in [1.807, 2.05) is 10.9 Å². The molecule has 0 bridgehead atoms. The summed E-state index contributed by atoms with van der Waals surface area (Å²) in [6.07, 6.45) is 11.2. The van der Waals surface area contributed by atoms with E-state index in [1.165, 1.54) is 31.3 Å². The van der Waals surface area contributed by atoms with Crippen LogP contribution in [-0.4, -0.2) is 15.0 Å². The molecule has 5 nitrogen and oxygen atoms in total. The van der Waals surface area contributed by atoms with Crippen molar-refractivity contribution >= 4 is 0 Å². The van der Waals surface area contributed by atoms with Gasteiger partial charge >= 0.3 is 0 Å². The first-order valence-corrected chi connectivity index (χ1v) is 6.87. The van der Waals surface area contributed by atoms with Gasteiger partial charge in [0, 0.05) is 6.54 Å². The predicted molar refractivity (Wildman–Crippen MR) is 71.5 cm³/mol. The second kappa shape index (κ2) is 6.66.